The first-order valence-electron chi connectivity index (χ1n) is 3.07. The molecule has 0 atom stereocenters. The zero-order valence-electron chi connectivity index (χ0n) is 6.44. The quantitative estimate of drug-likeness (QED) is 0.500. The van der Waals surface area contributed by atoms with Crippen molar-refractivity contribution in [1.29, 1.82) is 0 Å². The maximum absolute atomic E-state index is 10.6. The highest BCUT2D eigenvalue weighted by atomic mass is 32.1. The SMILES string of the molecule is CS.O=C(S)c1ccc[nH]c1=S. The summed E-state index contributed by atoms with van der Waals surface area (Å²) in [5.41, 5.74) is 0.445. The summed E-state index contributed by atoms with van der Waals surface area (Å²) in [6.45, 7) is 0. The van der Waals surface area contributed by atoms with E-state index in [-0.39, 0.29) is 5.12 Å². The second kappa shape index (κ2) is 6.28. The molecular formula is C7H9NOS3. The Kier molecular flexibility index (Phi) is 6.14. The van der Waals surface area contributed by atoms with Crippen LogP contribution in [-0.4, -0.2) is 16.4 Å². The lowest BCUT2D eigenvalue weighted by Crippen LogP contribution is -1.90. The van der Waals surface area contributed by atoms with Crippen molar-refractivity contribution in [2.45, 2.75) is 0 Å². The van der Waals surface area contributed by atoms with Gasteiger partial charge in [0.25, 0.3) is 0 Å². The number of H-pyrrole nitrogens is 1. The van der Waals surface area contributed by atoms with Crippen LogP contribution in [0.25, 0.3) is 0 Å². The normalized spacial score (nSPS) is 8.25. The van der Waals surface area contributed by atoms with Gasteiger partial charge in [0.15, 0.2) is 0 Å². The largest absolute Gasteiger partial charge is 0.352 e. The van der Waals surface area contributed by atoms with E-state index in [4.69, 9.17) is 12.2 Å². The lowest BCUT2D eigenvalue weighted by molar-refractivity contribution is 0.109. The van der Waals surface area contributed by atoms with Crippen LogP contribution >= 0.6 is 37.5 Å². The molecule has 1 rings (SSSR count). The van der Waals surface area contributed by atoms with Crippen LogP contribution in [0, 0.1) is 4.64 Å². The Hall–Kier alpha value is -0.260. The third-order valence-corrected chi connectivity index (χ3v) is 1.63. The van der Waals surface area contributed by atoms with Gasteiger partial charge in [0.1, 0.15) is 4.64 Å². The minimum absolute atomic E-state index is 0.304. The zero-order valence-corrected chi connectivity index (χ0v) is 9.05. The van der Waals surface area contributed by atoms with Crippen molar-refractivity contribution in [2.24, 2.45) is 0 Å². The summed E-state index contributed by atoms with van der Waals surface area (Å²) in [5.74, 6) is 0. The van der Waals surface area contributed by atoms with Crippen LogP contribution in [0.3, 0.4) is 0 Å². The Morgan fingerprint density at radius 1 is 1.58 bits per heavy atom. The number of carbonyl (C=O) groups is 1. The Labute approximate surface area is 87.2 Å². The monoisotopic (exact) mass is 219 g/mol. The van der Waals surface area contributed by atoms with E-state index >= 15 is 0 Å². The molecular weight excluding hydrogens is 210 g/mol. The van der Waals surface area contributed by atoms with Crippen molar-refractivity contribution in [3.63, 3.8) is 0 Å². The Morgan fingerprint density at radius 3 is 2.50 bits per heavy atom. The van der Waals surface area contributed by atoms with Gasteiger partial charge in [-0.1, -0.05) is 12.2 Å². The molecule has 0 fully saturated rings. The van der Waals surface area contributed by atoms with Crippen LogP contribution in [0.5, 0.6) is 0 Å². The first-order chi connectivity index (χ1) is 5.72. The predicted molar refractivity (Wildman–Crippen MR) is 59.9 cm³/mol. The molecule has 0 saturated carbocycles. The fourth-order valence-corrected chi connectivity index (χ4v) is 1.08. The van der Waals surface area contributed by atoms with Crippen LogP contribution in [0.15, 0.2) is 18.3 Å². The molecule has 66 valence electrons. The molecule has 0 amide bonds. The molecule has 0 radical (unpaired) electrons. The average Bonchev–Trinajstić information content (AvgIpc) is 2.08. The third kappa shape index (κ3) is 3.42. The minimum Gasteiger partial charge on any atom is -0.352 e. The first kappa shape index (κ1) is 11.7. The van der Waals surface area contributed by atoms with E-state index in [1.54, 1.807) is 24.6 Å². The molecule has 0 aliphatic rings. The fourth-order valence-electron chi connectivity index (χ4n) is 0.590. The van der Waals surface area contributed by atoms with Crippen molar-refractivity contribution in [1.82, 2.24) is 4.98 Å². The molecule has 1 N–H and O–H groups in total. The standard InChI is InChI=1S/C6H5NOS2.CH4S/c8-6(10)4-2-1-3-7-5(4)9;1-2/h1-3H,(H,7,9)(H,8,10);2H,1H3. The second-order valence-electron chi connectivity index (χ2n) is 1.72. The lowest BCUT2D eigenvalue weighted by atomic mass is 10.3. The minimum atomic E-state index is -0.304. The molecule has 0 aromatic carbocycles. The molecule has 0 spiro atoms. The van der Waals surface area contributed by atoms with E-state index in [0.29, 0.717) is 10.2 Å². The second-order valence-corrected chi connectivity index (χ2v) is 2.53. The number of carbonyl (C=O) groups excluding carboxylic acids is 1. The van der Waals surface area contributed by atoms with Crippen LogP contribution in [0.2, 0.25) is 0 Å². The average molecular weight is 219 g/mol. The Bertz CT molecular complexity index is 308. The lowest BCUT2D eigenvalue weighted by Gasteiger charge is -1.91. The number of rotatable bonds is 1. The van der Waals surface area contributed by atoms with Gasteiger partial charge in [0.05, 0.1) is 5.56 Å². The van der Waals surface area contributed by atoms with Crippen molar-refractivity contribution in [2.75, 3.05) is 6.26 Å². The summed E-state index contributed by atoms with van der Waals surface area (Å²) in [6.07, 6.45) is 3.36. The number of aromatic nitrogens is 1. The van der Waals surface area contributed by atoms with E-state index in [1.165, 1.54) is 0 Å². The summed E-state index contributed by atoms with van der Waals surface area (Å²) in [6, 6.07) is 3.34. The summed E-state index contributed by atoms with van der Waals surface area (Å²) in [5, 5.41) is -0.304. The highest BCUT2D eigenvalue weighted by molar-refractivity contribution is 7.97. The number of aromatic amines is 1. The third-order valence-electron chi connectivity index (χ3n) is 1.05. The molecule has 1 aromatic rings. The van der Waals surface area contributed by atoms with Gasteiger partial charge in [-0.2, -0.15) is 12.6 Å². The van der Waals surface area contributed by atoms with Crippen molar-refractivity contribution < 1.29 is 4.79 Å². The van der Waals surface area contributed by atoms with E-state index in [0.717, 1.165) is 0 Å². The highest BCUT2D eigenvalue weighted by Gasteiger charge is 1.99. The Balaban J connectivity index is 0.000000561. The first-order valence-corrected chi connectivity index (χ1v) is 4.82. The van der Waals surface area contributed by atoms with Gasteiger partial charge in [-0.3, -0.25) is 4.79 Å². The number of thiol groups is 2. The molecule has 5 heteroatoms. The van der Waals surface area contributed by atoms with Gasteiger partial charge in [-0.25, -0.2) is 0 Å². The molecule has 1 aromatic heterocycles. The van der Waals surface area contributed by atoms with Gasteiger partial charge in [-0.05, 0) is 18.4 Å². The maximum Gasteiger partial charge on any atom is 0.219 e. The van der Waals surface area contributed by atoms with E-state index in [2.05, 4.69) is 30.2 Å². The van der Waals surface area contributed by atoms with Crippen molar-refractivity contribution in [3.05, 3.63) is 28.5 Å². The fraction of sp³-hybridized carbons (Fsp3) is 0.143. The Morgan fingerprint density at radius 2 is 2.17 bits per heavy atom. The zero-order chi connectivity index (χ0) is 9.56. The molecule has 0 saturated heterocycles. The molecule has 0 aliphatic carbocycles. The van der Waals surface area contributed by atoms with Gasteiger partial charge in [0, 0.05) is 6.20 Å². The predicted octanol–water partition coefficient (Wildman–Crippen LogP) is 2.36. The van der Waals surface area contributed by atoms with Crippen LogP contribution in [-0.2, 0) is 0 Å². The van der Waals surface area contributed by atoms with Crippen molar-refractivity contribution >= 4 is 42.6 Å². The molecule has 0 unspecified atom stereocenters. The summed E-state index contributed by atoms with van der Waals surface area (Å²) in [7, 11) is 0. The number of nitrogens with one attached hydrogen (secondary N) is 1. The number of hydrogen-bond acceptors (Lipinski definition) is 3. The van der Waals surface area contributed by atoms with E-state index in [1.807, 2.05) is 0 Å². The maximum atomic E-state index is 10.6. The van der Waals surface area contributed by atoms with E-state index in [9.17, 15) is 4.79 Å². The van der Waals surface area contributed by atoms with Crippen LogP contribution in [0.4, 0.5) is 0 Å². The summed E-state index contributed by atoms with van der Waals surface area (Å²) >= 11 is 12.0. The molecule has 0 aliphatic heterocycles. The summed E-state index contributed by atoms with van der Waals surface area (Å²) < 4.78 is 0.433. The highest BCUT2D eigenvalue weighted by Crippen LogP contribution is 2.02. The summed E-state index contributed by atoms with van der Waals surface area (Å²) in [4.78, 5) is 13.4. The molecule has 12 heavy (non-hydrogen) atoms. The van der Waals surface area contributed by atoms with Crippen molar-refractivity contribution in [3.8, 4) is 0 Å². The molecule has 0 bridgehead atoms. The number of hydrogen-bond donors (Lipinski definition) is 3. The molecule has 2 nitrogen and oxygen atoms in total. The van der Waals surface area contributed by atoms with Gasteiger partial charge >= 0.3 is 0 Å². The van der Waals surface area contributed by atoms with E-state index < -0.39 is 0 Å². The van der Waals surface area contributed by atoms with Crippen LogP contribution in [0.1, 0.15) is 10.4 Å². The van der Waals surface area contributed by atoms with Gasteiger partial charge in [0.2, 0.25) is 5.12 Å². The van der Waals surface area contributed by atoms with Crippen LogP contribution < -0.4 is 0 Å². The number of pyridine rings is 1. The molecule has 1 heterocycles. The van der Waals surface area contributed by atoms with Gasteiger partial charge in [-0.15, -0.1) is 12.6 Å². The smallest absolute Gasteiger partial charge is 0.219 e. The topological polar surface area (TPSA) is 32.9 Å². The van der Waals surface area contributed by atoms with Gasteiger partial charge < -0.3 is 4.98 Å².